The van der Waals surface area contributed by atoms with Crippen LogP contribution in [-0.2, 0) is 0 Å². The molecule has 88 valence electrons. The Bertz CT molecular complexity index is 702. The van der Waals surface area contributed by atoms with E-state index in [2.05, 4.69) is 77.0 Å². The molecule has 0 spiro atoms. The first-order valence-electron chi connectivity index (χ1n) is 5.86. The van der Waals surface area contributed by atoms with E-state index in [-0.39, 0.29) is 0 Å². The van der Waals surface area contributed by atoms with Crippen molar-refractivity contribution in [3.05, 3.63) is 63.9 Å². The maximum absolute atomic E-state index is 4.48. The van der Waals surface area contributed by atoms with Gasteiger partial charge in [-0.25, -0.2) is 0 Å². The Morgan fingerprint density at radius 3 is 2.44 bits per heavy atom. The highest BCUT2D eigenvalue weighted by Gasteiger charge is 2.08. The van der Waals surface area contributed by atoms with Crippen molar-refractivity contribution in [2.24, 2.45) is 0 Å². The molecule has 0 fully saturated rings. The molecular formula is C16H12IN. The second kappa shape index (κ2) is 4.69. The summed E-state index contributed by atoms with van der Waals surface area (Å²) in [6.45, 7) is 2.11. The van der Waals surface area contributed by atoms with E-state index < -0.39 is 0 Å². The Hall–Kier alpha value is -1.42. The van der Waals surface area contributed by atoms with Crippen LogP contribution in [0.2, 0.25) is 0 Å². The summed E-state index contributed by atoms with van der Waals surface area (Å²) in [6, 6.07) is 17.0. The van der Waals surface area contributed by atoms with Crippen LogP contribution < -0.4 is 0 Å². The van der Waals surface area contributed by atoms with Crippen LogP contribution in [0.5, 0.6) is 0 Å². The van der Waals surface area contributed by atoms with Gasteiger partial charge in [-0.1, -0.05) is 48.0 Å². The average Bonchev–Trinajstić information content (AvgIpc) is 2.40. The van der Waals surface area contributed by atoms with Crippen LogP contribution in [-0.4, -0.2) is 4.98 Å². The van der Waals surface area contributed by atoms with Crippen molar-refractivity contribution in [3.63, 3.8) is 0 Å². The topological polar surface area (TPSA) is 12.9 Å². The number of para-hydroxylation sites is 1. The first kappa shape index (κ1) is 11.7. The van der Waals surface area contributed by atoms with Gasteiger partial charge in [-0.3, -0.25) is 4.98 Å². The van der Waals surface area contributed by atoms with E-state index in [1.165, 1.54) is 25.6 Å². The Balaban J connectivity index is 2.33. The second-order valence-electron chi connectivity index (χ2n) is 4.36. The summed E-state index contributed by atoms with van der Waals surface area (Å²) in [7, 11) is 0. The molecule has 18 heavy (non-hydrogen) atoms. The molecule has 0 atom stereocenters. The fourth-order valence-corrected chi connectivity index (χ4v) is 2.87. The molecule has 0 aliphatic rings. The van der Waals surface area contributed by atoms with Gasteiger partial charge in [0.1, 0.15) is 0 Å². The Kier molecular flexibility index (Phi) is 3.04. The summed E-state index contributed by atoms with van der Waals surface area (Å²) in [4.78, 5) is 4.48. The van der Waals surface area contributed by atoms with Crippen LogP contribution in [0, 0.1) is 10.5 Å². The molecule has 0 saturated heterocycles. The predicted molar refractivity (Wildman–Crippen MR) is 84.6 cm³/mol. The summed E-state index contributed by atoms with van der Waals surface area (Å²) < 4.78 is 1.19. The van der Waals surface area contributed by atoms with E-state index in [1.807, 2.05) is 12.3 Å². The molecule has 0 radical (unpaired) electrons. The number of nitrogens with zero attached hydrogens (tertiary/aromatic N) is 1. The van der Waals surface area contributed by atoms with Crippen LogP contribution in [0.3, 0.4) is 0 Å². The first-order chi connectivity index (χ1) is 8.75. The molecular weight excluding hydrogens is 333 g/mol. The van der Waals surface area contributed by atoms with Gasteiger partial charge in [0, 0.05) is 20.7 Å². The smallest absolute Gasteiger partial charge is 0.0709 e. The van der Waals surface area contributed by atoms with Gasteiger partial charge in [-0.15, -0.1) is 0 Å². The van der Waals surface area contributed by atoms with Crippen LogP contribution in [0.25, 0.3) is 22.0 Å². The van der Waals surface area contributed by atoms with E-state index in [4.69, 9.17) is 0 Å². The number of benzene rings is 2. The SMILES string of the molecule is Cc1ccc(-c2c(I)cnc3ccccc23)cc1. The zero-order chi connectivity index (χ0) is 12.5. The molecule has 3 rings (SSSR count). The highest BCUT2D eigenvalue weighted by Crippen LogP contribution is 2.31. The molecule has 0 unspecified atom stereocenters. The van der Waals surface area contributed by atoms with Gasteiger partial charge >= 0.3 is 0 Å². The lowest BCUT2D eigenvalue weighted by Gasteiger charge is -2.09. The fraction of sp³-hybridized carbons (Fsp3) is 0.0625. The predicted octanol–water partition coefficient (Wildman–Crippen LogP) is 4.81. The van der Waals surface area contributed by atoms with Crippen molar-refractivity contribution in [1.82, 2.24) is 4.98 Å². The Morgan fingerprint density at radius 2 is 1.67 bits per heavy atom. The molecule has 0 aliphatic carbocycles. The number of pyridine rings is 1. The van der Waals surface area contributed by atoms with Crippen molar-refractivity contribution in [3.8, 4) is 11.1 Å². The lowest BCUT2D eigenvalue weighted by molar-refractivity contribution is 1.38. The van der Waals surface area contributed by atoms with Gasteiger partial charge in [0.05, 0.1) is 5.52 Å². The molecule has 1 heterocycles. The number of hydrogen-bond acceptors (Lipinski definition) is 1. The van der Waals surface area contributed by atoms with Gasteiger partial charge in [-0.2, -0.15) is 0 Å². The quantitative estimate of drug-likeness (QED) is 0.577. The molecule has 1 aromatic heterocycles. The third-order valence-electron chi connectivity index (χ3n) is 3.07. The van der Waals surface area contributed by atoms with Gasteiger partial charge in [0.2, 0.25) is 0 Å². The standard InChI is InChI=1S/C16H12IN/c1-11-6-8-12(9-7-11)16-13-4-2-3-5-15(13)18-10-14(16)17/h2-10H,1H3. The van der Waals surface area contributed by atoms with Crippen LogP contribution >= 0.6 is 22.6 Å². The van der Waals surface area contributed by atoms with Gasteiger partial charge in [0.15, 0.2) is 0 Å². The number of aromatic nitrogens is 1. The van der Waals surface area contributed by atoms with Gasteiger partial charge < -0.3 is 0 Å². The molecule has 2 heteroatoms. The monoisotopic (exact) mass is 345 g/mol. The Labute approximate surface area is 120 Å². The third-order valence-corrected chi connectivity index (χ3v) is 3.89. The highest BCUT2D eigenvalue weighted by molar-refractivity contribution is 14.1. The van der Waals surface area contributed by atoms with Crippen LogP contribution in [0.15, 0.2) is 54.7 Å². The number of rotatable bonds is 1. The maximum atomic E-state index is 4.48. The molecule has 0 aliphatic heterocycles. The van der Waals surface area contributed by atoms with Crippen molar-refractivity contribution in [1.29, 1.82) is 0 Å². The zero-order valence-corrected chi connectivity index (χ0v) is 12.2. The van der Waals surface area contributed by atoms with Gasteiger partial charge in [-0.05, 0) is 41.1 Å². The van der Waals surface area contributed by atoms with E-state index >= 15 is 0 Å². The third kappa shape index (κ3) is 2.01. The normalized spacial score (nSPS) is 10.8. The second-order valence-corrected chi connectivity index (χ2v) is 5.53. The van der Waals surface area contributed by atoms with E-state index in [0.717, 1.165) is 5.52 Å². The van der Waals surface area contributed by atoms with E-state index in [9.17, 15) is 0 Å². The lowest BCUT2D eigenvalue weighted by Crippen LogP contribution is -1.89. The minimum Gasteiger partial charge on any atom is -0.255 e. The van der Waals surface area contributed by atoms with Gasteiger partial charge in [0.25, 0.3) is 0 Å². The van der Waals surface area contributed by atoms with Crippen molar-refractivity contribution in [2.75, 3.05) is 0 Å². The molecule has 1 nitrogen and oxygen atoms in total. The number of hydrogen-bond donors (Lipinski definition) is 0. The summed E-state index contributed by atoms with van der Waals surface area (Å²) >= 11 is 2.36. The minimum absolute atomic E-state index is 1.05. The maximum Gasteiger partial charge on any atom is 0.0709 e. The highest BCUT2D eigenvalue weighted by atomic mass is 127. The van der Waals surface area contributed by atoms with E-state index in [1.54, 1.807) is 0 Å². The summed E-state index contributed by atoms with van der Waals surface area (Å²) in [6.07, 6.45) is 1.94. The molecule has 3 aromatic rings. The average molecular weight is 345 g/mol. The molecule has 2 aromatic carbocycles. The molecule has 0 N–H and O–H groups in total. The fourth-order valence-electron chi connectivity index (χ4n) is 2.13. The zero-order valence-electron chi connectivity index (χ0n) is 10.0. The molecule has 0 amide bonds. The molecule has 0 saturated carbocycles. The first-order valence-corrected chi connectivity index (χ1v) is 6.94. The van der Waals surface area contributed by atoms with Crippen molar-refractivity contribution >= 4 is 33.5 Å². The number of fused-ring (bicyclic) bond motifs is 1. The van der Waals surface area contributed by atoms with E-state index in [0.29, 0.717) is 0 Å². The van der Waals surface area contributed by atoms with Crippen LogP contribution in [0.4, 0.5) is 0 Å². The lowest BCUT2D eigenvalue weighted by atomic mass is 10.0. The molecule has 0 bridgehead atoms. The minimum atomic E-state index is 1.05. The number of aryl methyl sites for hydroxylation is 1. The van der Waals surface area contributed by atoms with Crippen molar-refractivity contribution < 1.29 is 0 Å². The Morgan fingerprint density at radius 1 is 0.944 bits per heavy atom. The number of halogens is 1. The summed E-state index contributed by atoms with van der Waals surface area (Å²) in [5.74, 6) is 0. The summed E-state index contributed by atoms with van der Waals surface area (Å²) in [5.41, 5.74) is 4.87. The largest absolute Gasteiger partial charge is 0.255 e. The van der Waals surface area contributed by atoms with Crippen molar-refractivity contribution in [2.45, 2.75) is 6.92 Å². The summed E-state index contributed by atoms with van der Waals surface area (Å²) in [5, 5.41) is 1.22. The van der Waals surface area contributed by atoms with Crippen LogP contribution in [0.1, 0.15) is 5.56 Å².